The lowest BCUT2D eigenvalue weighted by molar-refractivity contribution is 0.752. The molecule has 1 unspecified atom stereocenters. The Hall–Kier alpha value is -1.02. The molecule has 1 saturated heterocycles. The molecule has 76 valence electrons. The van der Waals surface area contributed by atoms with Crippen LogP contribution < -0.4 is 10.6 Å². The Balaban J connectivity index is 2.27. The summed E-state index contributed by atoms with van der Waals surface area (Å²) in [5.74, 6) is 0. The first kappa shape index (κ1) is 9.53. The molecular weight excluding hydrogens is 172 g/mol. The number of nitrogens with two attached hydrogens (primary N) is 1. The SMILES string of the molecule is Cc1ccc(C)c(N2CCC(N)C2)c1. The Morgan fingerprint density at radius 3 is 2.79 bits per heavy atom. The fourth-order valence-corrected chi connectivity index (χ4v) is 2.07. The molecule has 1 heterocycles. The fourth-order valence-electron chi connectivity index (χ4n) is 2.07. The van der Waals surface area contributed by atoms with Gasteiger partial charge in [0.15, 0.2) is 0 Å². The zero-order valence-corrected chi connectivity index (χ0v) is 8.96. The molecule has 1 fully saturated rings. The van der Waals surface area contributed by atoms with Gasteiger partial charge in [0.2, 0.25) is 0 Å². The van der Waals surface area contributed by atoms with E-state index in [1.54, 1.807) is 0 Å². The number of hydrogen-bond donors (Lipinski definition) is 1. The standard InChI is InChI=1S/C12H18N2/c1-9-3-4-10(2)12(7-9)14-6-5-11(13)8-14/h3-4,7,11H,5-6,8,13H2,1-2H3. The molecule has 2 nitrogen and oxygen atoms in total. The Bertz CT molecular complexity index is 333. The molecule has 1 aromatic rings. The molecule has 0 radical (unpaired) electrons. The molecular formula is C12H18N2. The van der Waals surface area contributed by atoms with Crippen LogP contribution in [0.4, 0.5) is 5.69 Å². The van der Waals surface area contributed by atoms with E-state index in [2.05, 4.69) is 36.9 Å². The van der Waals surface area contributed by atoms with Crippen LogP contribution in [0.3, 0.4) is 0 Å². The summed E-state index contributed by atoms with van der Waals surface area (Å²) in [4.78, 5) is 2.40. The van der Waals surface area contributed by atoms with Gasteiger partial charge in [-0.1, -0.05) is 12.1 Å². The van der Waals surface area contributed by atoms with Gasteiger partial charge in [0, 0.05) is 24.8 Å². The van der Waals surface area contributed by atoms with Crippen molar-refractivity contribution >= 4 is 5.69 Å². The smallest absolute Gasteiger partial charge is 0.0399 e. The van der Waals surface area contributed by atoms with E-state index in [0.29, 0.717) is 6.04 Å². The van der Waals surface area contributed by atoms with Crippen molar-refractivity contribution in [3.63, 3.8) is 0 Å². The summed E-state index contributed by atoms with van der Waals surface area (Å²) >= 11 is 0. The first-order chi connectivity index (χ1) is 6.66. The zero-order chi connectivity index (χ0) is 10.1. The minimum Gasteiger partial charge on any atom is -0.370 e. The highest BCUT2D eigenvalue weighted by molar-refractivity contribution is 5.55. The van der Waals surface area contributed by atoms with Crippen LogP contribution in [-0.4, -0.2) is 19.1 Å². The Labute approximate surface area is 85.7 Å². The topological polar surface area (TPSA) is 29.3 Å². The molecule has 1 aliphatic heterocycles. The Morgan fingerprint density at radius 2 is 2.14 bits per heavy atom. The summed E-state index contributed by atoms with van der Waals surface area (Å²) in [6, 6.07) is 6.96. The number of hydrogen-bond acceptors (Lipinski definition) is 2. The van der Waals surface area contributed by atoms with E-state index < -0.39 is 0 Å². The third-order valence-corrected chi connectivity index (χ3v) is 2.93. The summed E-state index contributed by atoms with van der Waals surface area (Å²) in [7, 11) is 0. The van der Waals surface area contributed by atoms with Gasteiger partial charge in [-0.3, -0.25) is 0 Å². The molecule has 2 heteroatoms. The van der Waals surface area contributed by atoms with Crippen LogP contribution in [0.5, 0.6) is 0 Å². The predicted molar refractivity (Wildman–Crippen MR) is 60.7 cm³/mol. The maximum Gasteiger partial charge on any atom is 0.0399 e. The summed E-state index contributed by atoms with van der Waals surface area (Å²) < 4.78 is 0. The van der Waals surface area contributed by atoms with E-state index in [0.717, 1.165) is 19.5 Å². The summed E-state index contributed by atoms with van der Waals surface area (Å²) in [6.45, 7) is 6.41. The Morgan fingerprint density at radius 1 is 1.36 bits per heavy atom. The number of rotatable bonds is 1. The van der Waals surface area contributed by atoms with Gasteiger partial charge >= 0.3 is 0 Å². The van der Waals surface area contributed by atoms with Crippen molar-refractivity contribution in [2.45, 2.75) is 26.3 Å². The Kier molecular flexibility index (Phi) is 2.46. The van der Waals surface area contributed by atoms with Gasteiger partial charge < -0.3 is 10.6 Å². The van der Waals surface area contributed by atoms with Crippen molar-refractivity contribution in [3.8, 4) is 0 Å². The van der Waals surface area contributed by atoms with E-state index in [1.165, 1.54) is 16.8 Å². The van der Waals surface area contributed by atoms with Crippen LogP contribution in [0, 0.1) is 13.8 Å². The van der Waals surface area contributed by atoms with Gasteiger partial charge in [0.25, 0.3) is 0 Å². The first-order valence-electron chi connectivity index (χ1n) is 5.24. The average Bonchev–Trinajstić information content (AvgIpc) is 2.56. The highest BCUT2D eigenvalue weighted by Gasteiger charge is 2.20. The molecule has 1 aromatic carbocycles. The van der Waals surface area contributed by atoms with Gasteiger partial charge in [-0.15, -0.1) is 0 Å². The normalized spacial score (nSPS) is 21.6. The third kappa shape index (κ3) is 1.75. The minimum atomic E-state index is 0.356. The van der Waals surface area contributed by atoms with Crippen LogP contribution in [0.1, 0.15) is 17.5 Å². The molecule has 2 rings (SSSR count). The number of aryl methyl sites for hydroxylation is 2. The third-order valence-electron chi connectivity index (χ3n) is 2.93. The minimum absolute atomic E-state index is 0.356. The molecule has 2 N–H and O–H groups in total. The van der Waals surface area contributed by atoms with Gasteiger partial charge in [-0.25, -0.2) is 0 Å². The van der Waals surface area contributed by atoms with Gasteiger partial charge in [0.1, 0.15) is 0 Å². The van der Waals surface area contributed by atoms with Crippen molar-refractivity contribution in [1.29, 1.82) is 0 Å². The maximum absolute atomic E-state index is 5.91. The van der Waals surface area contributed by atoms with Gasteiger partial charge in [-0.2, -0.15) is 0 Å². The largest absolute Gasteiger partial charge is 0.370 e. The van der Waals surface area contributed by atoms with Crippen LogP contribution in [-0.2, 0) is 0 Å². The fraction of sp³-hybridized carbons (Fsp3) is 0.500. The van der Waals surface area contributed by atoms with Gasteiger partial charge in [-0.05, 0) is 37.5 Å². The van der Waals surface area contributed by atoms with Crippen LogP contribution in [0.2, 0.25) is 0 Å². The number of anilines is 1. The van der Waals surface area contributed by atoms with E-state index in [-0.39, 0.29) is 0 Å². The molecule has 1 atom stereocenters. The second kappa shape index (κ2) is 3.62. The second-order valence-electron chi connectivity index (χ2n) is 4.28. The van der Waals surface area contributed by atoms with Crippen molar-refractivity contribution in [2.24, 2.45) is 5.73 Å². The summed E-state index contributed by atoms with van der Waals surface area (Å²) in [5, 5.41) is 0. The second-order valence-corrected chi connectivity index (χ2v) is 4.28. The molecule has 0 aliphatic carbocycles. The van der Waals surface area contributed by atoms with E-state index >= 15 is 0 Å². The zero-order valence-electron chi connectivity index (χ0n) is 8.96. The summed E-state index contributed by atoms with van der Waals surface area (Å²) in [5.41, 5.74) is 9.94. The lowest BCUT2D eigenvalue weighted by atomic mass is 10.1. The lowest BCUT2D eigenvalue weighted by Gasteiger charge is -2.20. The van der Waals surface area contributed by atoms with Gasteiger partial charge in [0.05, 0.1) is 0 Å². The molecule has 1 aliphatic rings. The molecule has 0 spiro atoms. The number of benzene rings is 1. The van der Waals surface area contributed by atoms with Crippen molar-refractivity contribution in [3.05, 3.63) is 29.3 Å². The van der Waals surface area contributed by atoms with Crippen molar-refractivity contribution < 1.29 is 0 Å². The predicted octanol–water partition coefficient (Wildman–Crippen LogP) is 1.84. The average molecular weight is 190 g/mol. The van der Waals surface area contributed by atoms with Crippen LogP contribution in [0.15, 0.2) is 18.2 Å². The molecule has 14 heavy (non-hydrogen) atoms. The quantitative estimate of drug-likeness (QED) is 0.732. The highest BCUT2D eigenvalue weighted by Crippen LogP contribution is 2.24. The molecule has 0 amide bonds. The molecule has 0 saturated carbocycles. The maximum atomic E-state index is 5.91. The highest BCUT2D eigenvalue weighted by atomic mass is 15.2. The summed E-state index contributed by atoms with van der Waals surface area (Å²) in [6.07, 6.45) is 1.12. The van der Waals surface area contributed by atoms with E-state index in [9.17, 15) is 0 Å². The van der Waals surface area contributed by atoms with Crippen molar-refractivity contribution in [1.82, 2.24) is 0 Å². The number of nitrogens with zero attached hydrogens (tertiary/aromatic N) is 1. The monoisotopic (exact) mass is 190 g/mol. The van der Waals surface area contributed by atoms with E-state index in [1.807, 2.05) is 0 Å². The van der Waals surface area contributed by atoms with Crippen LogP contribution >= 0.6 is 0 Å². The van der Waals surface area contributed by atoms with Crippen molar-refractivity contribution in [2.75, 3.05) is 18.0 Å². The lowest BCUT2D eigenvalue weighted by Crippen LogP contribution is -2.26. The van der Waals surface area contributed by atoms with Crippen LogP contribution in [0.25, 0.3) is 0 Å². The van der Waals surface area contributed by atoms with E-state index in [4.69, 9.17) is 5.73 Å². The first-order valence-corrected chi connectivity index (χ1v) is 5.24. The molecule has 0 bridgehead atoms. The molecule has 0 aromatic heterocycles.